The molecule has 2 aliphatic rings. The lowest BCUT2D eigenvalue weighted by Gasteiger charge is -2.40. The summed E-state index contributed by atoms with van der Waals surface area (Å²) in [4.78, 5) is 11.5. The van der Waals surface area contributed by atoms with Crippen LogP contribution in [0.5, 0.6) is 0 Å². The molecule has 84 valence electrons. The van der Waals surface area contributed by atoms with Gasteiger partial charge in [0.1, 0.15) is 0 Å². The Hall–Kier alpha value is -0.790. The molecule has 15 heavy (non-hydrogen) atoms. The van der Waals surface area contributed by atoms with Gasteiger partial charge in [0.25, 0.3) is 0 Å². The number of rotatable bonds is 1. The van der Waals surface area contributed by atoms with Gasteiger partial charge in [-0.2, -0.15) is 0 Å². The molecule has 0 aliphatic heterocycles. The molecule has 0 aromatic rings. The first-order chi connectivity index (χ1) is 6.94. The lowest BCUT2D eigenvalue weighted by molar-refractivity contribution is -0.151. The van der Waals surface area contributed by atoms with Crippen molar-refractivity contribution in [3.8, 4) is 0 Å². The molecule has 2 aliphatic carbocycles. The molecule has 1 unspecified atom stereocenters. The van der Waals surface area contributed by atoms with Gasteiger partial charge in [0, 0.05) is 0 Å². The molecule has 0 amide bonds. The van der Waals surface area contributed by atoms with Gasteiger partial charge < -0.3 is 5.11 Å². The van der Waals surface area contributed by atoms with E-state index < -0.39 is 11.4 Å². The maximum atomic E-state index is 11.5. The van der Waals surface area contributed by atoms with E-state index in [1.165, 1.54) is 5.57 Å². The molecule has 1 N–H and O–H groups in total. The van der Waals surface area contributed by atoms with Gasteiger partial charge in [-0.05, 0) is 37.5 Å². The fourth-order valence-electron chi connectivity index (χ4n) is 3.43. The van der Waals surface area contributed by atoms with Gasteiger partial charge in [-0.25, -0.2) is 0 Å². The lowest BCUT2D eigenvalue weighted by Crippen LogP contribution is -2.38. The number of allylic oxidation sites excluding steroid dienone is 2. The third-order valence-electron chi connectivity index (χ3n) is 3.81. The van der Waals surface area contributed by atoms with Gasteiger partial charge in [-0.1, -0.05) is 31.9 Å². The minimum Gasteiger partial charge on any atom is -0.481 e. The van der Waals surface area contributed by atoms with Crippen molar-refractivity contribution in [2.45, 2.75) is 52.4 Å². The molecule has 1 saturated carbocycles. The van der Waals surface area contributed by atoms with E-state index in [1.54, 1.807) is 0 Å². The highest BCUT2D eigenvalue weighted by atomic mass is 16.4. The lowest BCUT2D eigenvalue weighted by atomic mass is 9.64. The quantitative estimate of drug-likeness (QED) is 0.671. The zero-order valence-electron chi connectivity index (χ0n) is 9.68. The molecule has 0 radical (unpaired) electrons. The first kappa shape index (κ1) is 10.7. The summed E-state index contributed by atoms with van der Waals surface area (Å²) in [5.74, 6) is -0.580. The smallest absolute Gasteiger partial charge is 0.309 e. The van der Waals surface area contributed by atoms with Gasteiger partial charge in [-0.3, -0.25) is 4.79 Å². The van der Waals surface area contributed by atoms with E-state index in [-0.39, 0.29) is 5.41 Å². The summed E-state index contributed by atoms with van der Waals surface area (Å²) in [6, 6.07) is 0. The second-order valence-corrected chi connectivity index (χ2v) is 5.94. The maximum absolute atomic E-state index is 11.5. The molecule has 2 bridgehead atoms. The van der Waals surface area contributed by atoms with Crippen LogP contribution in [-0.2, 0) is 4.79 Å². The number of carboxylic acid groups (broad SMARTS) is 1. The van der Waals surface area contributed by atoms with Gasteiger partial charge >= 0.3 is 5.97 Å². The second kappa shape index (κ2) is 3.36. The number of aliphatic carboxylic acids is 1. The summed E-state index contributed by atoms with van der Waals surface area (Å²) in [7, 11) is 0. The molecule has 0 aromatic carbocycles. The normalized spacial score (nSPS) is 34.1. The number of carboxylic acids is 1. The van der Waals surface area contributed by atoms with E-state index >= 15 is 0 Å². The number of hydrogen-bond donors (Lipinski definition) is 1. The van der Waals surface area contributed by atoms with E-state index in [2.05, 4.69) is 19.9 Å². The topological polar surface area (TPSA) is 37.3 Å². The van der Waals surface area contributed by atoms with Gasteiger partial charge in [0.2, 0.25) is 0 Å². The Bertz CT molecular complexity index is 314. The van der Waals surface area contributed by atoms with Crippen LogP contribution in [0.4, 0.5) is 0 Å². The number of fused-ring (bicyclic) bond motifs is 2. The Morgan fingerprint density at radius 2 is 2.13 bits per heavy atom. The van der Waals surface area contributed by atoms with Crippen molar-refractivity contribution in [3.05, 3.63) is 11.6 Å². The van der Waals surface area contributed by atoms with Crippen LogP contribution in [0.25, 0.3) is 0 Å². The summed E-state index contributed by atoms with van der Waals surface area (Å²) >= 11 is 0. The van der Waals surface area contributed by atoms with Crippen LogP contribution >= 0.6 is 0 Å². The fourth-order valence-corrected chi connectivity index (χ4v) is 3.43. The van der Waals surface area contributed by atoms with Crippen LogP contribution in [0.1, 0.15) is 52.4 Å². The highest BCUT2D eigenvalue weighted by molar-refractivity contribution is 5.75. The Morgan fingerprint density at radius 1 is 1.40 bits per heavy atom. The Labute approximate surface area is 91.4 Å². The summed E-state index contributed by atoms with van der Waals surface area (Å²) < 4.78 is 0. The van der Waals surface area contributed by atoms with Gasteiger partial charge in [-0.15, -0.1) is 0 Å². The van der Waals surface area contributed by atoms with Crippen LogP contribution in [-0.4, -0.2) is 11.1 Å². The molecule has 2 nitrogen and oxygen atoms in total. The van der Waals surface area contributed by atoms with Crippen LogP contribution in [0, 0.1) is 10.8 Å². The summed E-state index contributed by atoms with van der Waals surface area (Å²) in [6.45, 7) is 4.32. The van der Waals surface area contributed by atoms with Crippen molar-refractivity contribution in [2.75, 3.05) is 0 Å². The SMILES string of the molecule is CC1(C)C=C2CCCCC(C(=O)O)(C2)C1. The molecule has 1 fully saturated rings. The van der Waals surface area contributed by atoms with Gasteiger partial charge in [0.15, 0.2) is 0 Å². The van der Waals surface area contributed by atoms with Crippen molar-refractivity contribution in [3.63, 3.8) is 0 Å². The summed E-state index contributed by atoms with van der Waals surface area (Å²) in [5, 5.41) is 9.47. The zero-order valence-corrected chi connectivity index (χ0v) is 9.68. The molecule has 0 heterocycles. The highest BCUT2D eigenvalue weighted by Crippen LogP contribution is 2.50. The maximum Gasteiger partial charge on any atom is 0.309 e. The first-order valence-electron chi connectivity index (χ1n) is 5.88. The van der Waals surface area contributed by atoms with Crippen molar-refractivity contribution in [2.24, 2.45) is 10.8 Å². The highest BCUT2D eigenvalue weighted by Gasteiger charge is 2.46. The minimum absolute atomic E-state index is 0.0658. The molecule has 0 spiro atoms. The van der Waals surface area contributed by atoms with Crippen LogP contribution in [0.3, 0.4) is 0 Å². The number of hydrogen-bond acceptors (Lipinski definition) is 1. The largest absolute Gasteiger partial charge is 0.481 e. The van der Waals surface area contributed by atoms with Crippen LogP contribution in [0.2, 0.25) is 0 Å². The average Bonchev–Trinajstić information content (AvgIpc) is 2.24. The molecular weight excluding hydrogens is 188 g/mol. The van der Waals surface area contributed by atoms with E-state index in [0.29, 0.717) is 0 Å². The molecule has 2 rings (SSSR count). The van der Waals surface area contributed by atoms with Crippen LogP contribution in [0.15, 0.2) is 11.6 Å². The molecule has 2 heteroatoms. The predicted molar refractivity (Wildman–Crippen MR) is 59.6 cm³/mol. The van der Waals surface area contributed by atoms with Crippen molar-refractivity contribution < 1.29 is 9.90 Å². The third-order valence-corrected chi connectivity index (χ3v) is 3.81. The average molecular weight is 208 g/mol. The minimum atomic E-state index is -0.580. The van der Waals surface area contributed by atoms with Crippen LogP contribution < -0.4 is 0 Å². The van der Waals surface area contributed by atoms with E-state index in [9.17, 15) is 9.90 Å². The molecule has 0 aromatic heterocycles. The summed E-state index contributed by atoms with van der Waals surface area (Å²) in [5.41, 5.74) is 0.992. The van der Waals surface area contributed by atoms with E-state index in [4.69, 9.17) is 0 Å². The first-order valence-corrected chi connectivity index (χ1v) is 5.88. The Balaban J connectivity index is 2.39. The third kappa shape index (κ3) is 1.95. The van der Waals surface area contributed by atoms with Crippen molar-refractivity contribution in [1.82, 2.24) is 0 Å². The monoisotopic (exact) mass is 208 g/mol. The Morgan fingerprint density at radius 3 is 2.80 bits per heavy atom. The van der Waals surface area contributed by atoms with Crippen molar-refractivity contribution >= 4 is 5.97 Å². The standard InChI is InChI=1S/C13H20O2/c1-12(2)7-10-5-3-4-6-13(8-10,9-12)11(14)15/h7H,3-6,8-9H2,1-2H3,(H,14,15). The molecular formula is C13H20O2. The van der Waals surface area contributed by atoms with E-state index in [1.807, 2.05) is 0 Å². The zero-order chi connectivity index (χ0) is 11.1. The van der Waals surface area contributed by atoms with Gasteiger partial charge in [0.05, 0.1) is 5.41 Å². The molecule has 0 saturated heterocycles. The fraction of sp³-hybridized carbons (Fsp3) is 0.769. The van der Waals surface area contributed by atoms with E-state index in [0.717, 1.165) is 38.5 Å². The predicted octanol–water partition coefficient (Wildman–Crippen LogP) is 3.38. The van der Waals surface area contributed by atoms with Crippen molar-refractivity contribution in [1.29, 1.82) is 0 Å². The second-order valence-electron chi connectivity index (χ2n) is 5.94. The Kier molecular flexibility index (Phi) is 2.40. The number of carbonyl (C=O) groups is 1. The molecule has 1 atom stereocenters. The summed E-state index contributed by atoms with van der Waals surface area (Å²) in [6.07, 6.45) is 8.13.